The summed E-state index contributed by atoms with van der Waals surface area (Å²) < 4.78 is 16.3. The number of rotatable bonds is 4. The number of methoxy groups -OCH3 is 1. The summed E-state index contributed by atoms with van der Waals surface area (Å²) in [5.41, 5.74) is 1.06. The van der Waals surface area contributed by atoms with Gasteiger partial charge in [0.05, 0.1) is 12.3 Å². The molecule has 0 saturated heterocycles. The molecule has 6 nitrogen and oxygen atoms in total. The Morgan fingerprint density at radius 2 is 1.96 bits per heavy atom. The molecule has 1 amide bonds. The Morgan fingerprint density at radius 1 is 1.27 bits per heavy atom. The van der Waals surface area contributed by atoms with Crippen LogP contribution >= 0.6 is 0 Å². The van der Waals surface area contributed by atoms with Gasteiger partial charge in [-0.05, 0) is 31.7 Å². The SMILES string of the molecule is COCOc1cc2c(c3ccccc13)C(CO)CN2C(=O)OC(C)(C)C. The van der Waals surface area contributed by atoms with Gasteiger partial charge in [-0.25, -0.2) is 4.79 Å². The number of aliphatic hydroxyl groups excluding tert-OH is 1. The third-order valence-electron chi connectivity index (χ3n) is 4.30. The minimum Gasteiger partial charge on any atom is -0.467 e. The fraction of sp³-hybridized carbons (Fsp3) is 0.450. The van der Waals surface area contributed by atoms with Crippen molar-refractivity contribution in [1.82, 2.24) is 0 Å². The molecule has 2 aromatic carbocycles. The number of carbonyl (C=O) groups excluding carboxylic acids is 1. The quantitative estimate of drug-likeness (QED) is 0.844. The second kappa shape index (κ2) is 7.13. The van der Waals surface area contributed by atoms with Gasteiger partial charge < -0.3 is 19.3 Å². The molecule has 1 heterocycles. The minimum absolute atomic E-state index is 0.0471. The lowest BCUT2D eigenvalue weighted by Gasteiger charge is -2.25. The topological polar surface area (TPSA) is 68.2 Å². The van der Waals surface area contributed by atoms with Crippen LogP contribution in [0.3, 0.4) is 0 Å². The minimum atomic E-state index is -0.596. The largest absolute Gasteiger partial charge is 0.467 e. The summed E-state index contributed by atoms with van der Waals surface area (Å²) in [5.74, 6) is 0.465. The normalized spacial score (nSPS) is 16.7. The number of hydrogen-bond acceptors (Lipinski definition) is 5. The van der Waals surface area contributed by atoms with Crippen molar-refractivity contribution < 1.29 is 24.1 Å². The molecule has 1 aliphatic heterocycles. The van der Waals surface area contributed by atoms with E-state index in [0.717, 1.165) is 16.3 Å². The van der Waals surface area contributed by atoms with E-state index in [4.69, 9.17) is 14.2 Å². The average Bonchev–Trinajstić information content (AvgIpc) is 2.97. The van der Waals surface area contributed by atoms with Gasteiger partial charge in [0.2, 0.25) is 0 Å². The standard InChI is InChI=1S/C20H25NO5/c1-20(2,3)26-19(23)21-10-13(11-22)18-15-8-6-5-7-14(15)17(9-16(18)21)25-12-24-4/h5-9,13,22H,10-12H2,1-4H3. The highest BCUT2D eigenvalue weighted by Crippen LogP contribution is 2.45. The third kappa shape index (κ3) is 3.48. The molecule has 1 unspecified atom stereocenters. The second-order valence-corrected chi connectivity index (χ2v) is 7.37. The van der Waals surface area contributed by atoms with Gasteiger partial charge in [0, 0.05) is 31.0 Å². The van der Waals surface area contributed by atoms with Crippen LogP contribution in [0.2, 0.25) is 0 Å². The summed E-state index contributed by atoms with van der Waals surface area (Å²) in [6, 6.07) is 9.65. The summed E-state index contributed by atoms with van der Waals surface area (Å²) in [6.45, 7) is 5.93. The van der Waals surface area contributed by atoms with Gasteiger partial charge in [-0.15, -0.1) is 0 Å². The van der Waals surface area contributed by atoms with Crippen LogP contribution in [0.25, 0.3) is 10.8 Å². The van der Waals surface area contributed by atoms with Crippen LogP contribution in [0.5, 0.6) is 5.75 Å². The van der Waals surface area contributed by atoms with E-state index in [9.17, 15) is 9.90 Å². The molecular weight excluding hydrogens is 334 g/mol. The molecule has 140 valence electrons. The van der Waals surface area contributed by atoms with Gasteiger partial charge >= 0.3 is 6.09 Å². The summed E-state index contributed by atoms with van der Waals surface area (Å²) in [5, 5.41) is 11.8. The first-order valence-corrected chi connectivity index (χ1v) is 8.64. The maximum atomic E-state index is 12.7. The molecule has 1 atom stereocenters. The summed E-state index contributed by atoms with van der Waals surface area (Å²) >= 11 is 0. The molecule has 0 fully saturated rings. The lowest BCUT2D eigenvalue weighted by atomic mass is 9.95. The Balaban J connectivity index is 2.12. The molecule has 1 N–H and O–H groups in total. The van der Waals surface area contributed by atoms with Crippen molar-refractivity contribution in [2.24, 2.45) is 0 Å². The lowest BCUT2D eigenvalue weighted by molar-refractivity contribution is 0.0522. The van der Waals surface area contributed by atoms with Crippen LogP contribution in [-0.2, 0) is 9.47 Å². The highest BCUT2D eigenvalue weighted by atomic mass is 16.7. The summed E-state index contributed by atoms with van der Waals surface area (Å²) in [4.78, 5) is 14.3. The maximum Gasteiger partial charge on any atom is 0.414 e. The van der Waals surface area contributed by atoms with Crippen molar-refractivity contribution in [3.05, 3.63) is 35.9 Å². The maximum absolute atomic E-state index is 12.7. The second-order valence-electron chi connectivity index (χ2n) is 7.37. The first kappa shape index (κ1) is 18.5. The van der Waals surface area contributed by atoms with Crippen LogP contribution in [0, 0.1) is 0 Å². The number of ether oxygens (including phenoxy) is 3. The number of nitrogens with zero attached hydrogens (tertiary/aromatic N) is 1. The van der Waals surface area contributed by atoms with E-state index in [2.05, 4.69) is 0 Å². The number of amides is 1. The Hall–Kier alpha value is -2.31. The fourth-order valence-electron chi connectivity index (χ4n) is 3.29. The molecule has 0 radical (unpaired) electrons. The van der Waals surface area contributed by atoms with Gasteiger partial charge in [-0.1, -0.05) is 24.3 Å². The first-order chi connectivity index (χ1) is 12.4. The van der Waals surface area contributed by atoms with Gasteiger partial charge in [-0.3, -0.25) is 4.90 Å². The predicted molar refractivity (Wildman–Crippen MR) is 99.9 cm³/mol. The molecule has 2 aromatic rings. The highest BCUT2D eigenvalue weighted by molar-refractivity contribution is 6.02. The van der Waals surface area contributed by atoms with Crippen molar-refractivity contribution in [1.29, 1.82) is 0 Å². The van der Waals surface area contributed by atoms with E-state index in [1.165, 1.54) is 0 Å². The zero-order valence-electron chi connectivity index (χ0n) is 15.6. The third-order valence-corrected chi connectivity index (χ3v) is 4.30. The molecule has 1 aliphatic rings. The van der Waals surface area contributed by atoms with Gasteiger partial charge in [0.25, 0.3) is 0 Å². The van der Waals surface area contributed by atoms with Crippen LogP contribution in [0.4, 0.5) is 10.5 Å². The number of benzene rings is 2. The van der Waals surface area contributed by atoms with E-state index >= 15 is 0 Å². The lowest BCUT2D eigenvalue weighted by Crippen LogP contribution is -2.36. The Kier molecular flexibility index (Phi) is 5.07. The molecule has 0 spiro atoms. The Bertz CT molecular complexity index is 812. The number of hydrogen-bond donors (Lipinski definition) is 1. The van der Waals surface area contributed by atoms with E-state index in [1.54, 1.807) is 12.0 Å². The molecular formula is C20H25NO5. The molecule has 0 aromatic heterocycles. The number of fused-ring (bicyclic) bond motifs is 3. The van der Waals surface area contributed by atoms with E-state index in [1.807, 2.05) is 51.1 Å². The Labute approximate surface area is 153 Å². The first-order valence-electron chi connectivity index (χ1n) is 8.64. The van der Waals surface area contributed by atoms with Crippen LogP contribution in [0.1, 0.15) is 32.3 Å². The van der Waals surface area contributed by atoms with Gasteiger partial charge in [0.1, 0.15) is 11.4 Å². The van der Waals surface area contributed by atoms with Crippen molar-refractivity contribution in [3.63, 3.8) is 0 Å². The Morgan fingerprint density at radius 3 is 2.58 bits per heavy atom. The zero-order chi connectivity index (χ0) is 18.9. The average molecular weight is 359 g/mol. The van der Waals surface area contributed by atoms with E-state index < -0.39 is 11.7 Å². The summed E-state index contributed by atoms with van der Waals surface area (Å²) in [6.07, 6.45) is -0.428. The van der Waals surface area contributed by atoms with E-state index in [-0.39, 0.29) is 19.3 Å². The number of carbonyl (C=O) groups is 1. The molecule has 26 heavy (non-hydrogen) atoms. The molecule has 0 saturated carbocycles. The molecule has 0 bridgehead atoms. The highest BCUT2D eigenvalue weighted by Gasteiger charge is 2.36. The van der Waals surface area contributed by atoms with Crippen molar-refractivity contribution in [3.8, 4) is 5.75 Å². The molecule has 3 rings (SSSR count). The molecule has 0 aliphatic carbocycles. The van der Waals surface area contributed by atoms with Crippen molar-refractivity contribution in [2.75, 3.05) is 32.0 Å². The summed E-state index contributed by atoms with van der Waals surface area (Å²) in [7, 11) is 1.56. The van der Waals surface area contributed by atoms with Gasteiger partial charge in [-0.2, -0.15) is 0 Å². The predicted octanol–water partition coefficient (Wildman–Crippen LogP) is 3.65. The van der Waals surface area contributed by atoms with Crippen molar-refractivity contribution >= 4 is 22.6 Å². The van der Waals surface area contributed by atoms with E-state index in [0.29, 0.717) is 18.0 Å². The van der Waals surface area contributed by atoms with Crippen molar-refractivity contribution in [2.45, 2.75) is 32.3 Å². The number of anilines is 1. The molecule has 6 heteroatoms. The van der Waals surface area contributed by atoms with Crippen LogP contribution < -0.4 is 9.64 Å². The number of aliphatic hydroxyl groups is 1. The smallest absolute Gasteiger partial charge is 0.414 e. The van der Waals surface area contributed by atoms with Gasteiger partial charge in [0.15, 0.2) is 6.79 Å². The van der Waals surface area contributed by atoms with Crippen LogP contribution in [-0.4, -0.2) is 43.9 Å². The van der Waals surface area contributed by atoms with Crippen LogP contribution in [0.15, 0.2) is 30.3 Å². The zero-order valence-corrected chi connectivity index (χ0v) is 15.6. The fourth-order valence-corrected chi connectivity index (χ4v) is 3.29. The monoisotopic (exact) mass is 359 g/mol.